The maximum atomic E-state index is 6.37. The van der Waals surface area contributed by atoms with Crippen LogP contribution in [-0.2, 0) is 6.42 Å². The molecule has 4 heteroatoms. The molecule has 0 amide bonds. The maximum absolute atomic E-state index is 6.37. The first kappa shape index (κ1) is 14.3. The van der Waals surface area contributed by atoms with E-state index in [4.69, 9.17) is 10.7 Å². The first-order chi connectivity index (χ1) is 9.26. The molecule has 0 spiro atoms. The second kappa shape index (κ2) is 4.70. The summed E-state index contributed by atoms with van der Waals surface area (Å²) in [4.78, 5) is 8.76. The topological polar surface area (TPSA) is 42.2 Å². The van der Waals surface area contributed by atoms with Gasteiger partial charge in [0, 0.05) is 24.0 Å². The average Bonchev–Trinajstić information content (AvgIpc) is 2.70. The fraction of sp³-hybridized carbons (Fsp3) is 0.812. The van der Waals surface area contributed by atoms with Crippen molar-refractivity contribution in [2.45, 2.75) is 59.4 Å². The smallest absolute Gasteiger partial charge is 0.185 e. The normalized spacial score (nSPS) is 28.2. The lowest BCUT2D eigenvalue weighted by atomic mass is 9.77. The molecule has 1 aliphatic carbocycles. The zero-order chi connectivity index (χ0) is 14.5. The maximum Gasteiger partial charge on any atom is 0.185 e. The summed E-state index contributed by atoms with van der Waals surface area (Å²) < 4.78 is 0. The number of rotatable bonds is 1. The summed E-state index contributed by atoms with van der Waals surface area (Å²) in [7, 11) is 0. The number of nitrogens with two attached hydrogens (primary N) is 1. The Labute approximate surface area is 126 Å². The van der Waals surface area contributed by atoms with E-state index < -0.39 is 0 Å². The van der Waals surface area contributed by atoms with Crippen LogP contribution in [0, 0.1) is 10.8 Å². The Kier molecular flexibility index (Phi) is 3.37. The van der Waals surface area contributed by atoms with Gasteiger partial charge in [-0.2, -0.15) is 0 Å². The molecule has 1 atom stereocenters. The van der Waals surface area contributed by atoms with Gasteiger partial charge in [-0.1, -0.05) is 39.0 Å². The van der Waals surface area contributed by atoms with Gasteiger partial charge in [-0.3, -0.25) is 0 Å². The molecule has 20 heavy (non-hydrogen) atoms. The van der Waals surface area contributed by atoms with Gasteiger partial charge in [0.05, 0.1) is 5.69 Å². The molecule has 3 rings (SSSR count). The zero-order valence-corrected chi connectivity index (χ0v) is 14.0. The van der Waals surface area contributed by atoms with Gasteiger partial charge in [-0.05, 0) is 36.5 Å². The number of piperidine rings is 1. The molecule has 2 N–H and O–H groups in total. The summed E-state index contributed by atoms with van der Waals surface area (Å²) in [6, 6.07) is 0.179. The monoisotopic (exact) mass is 293 g/mol. The number of hydrogen-bond donors (Lipinski definition) is 1. The largest absolute Gasteiger partial charge is 0.348 e. The highest BCUT2D eigenvalue weighted by atomic mass is 32.1. The quantitative estimate of drug-likeness (QED) is 0.857. The van der Waals surface area contributed by atoms with E-state index in [0.29, 0.717) is 10.8 Å². The molecule has 0 radical (unpaired) electrons. The number of nitrogens with zero attached hydrogens (tertiary/aromatic N) is 2. The van der Waals surface area contributed by atoms with E-state index in [0.717, 1.165) is 25.9 Å². The number of fused-ring (bicyclic) bond motifs is 1. The molecular weight excluding hydrogens is 266 g/mol. The Bertz CT molecular complexity index is 504. The predicted octanol–water partition coefficient (Wildman–Crippen LogP) is 3.74. The van der Waals surface area contributed by atoms with Crippen LogP contribution in [0.5, 0.6) is 0 Å². The molecule has 1 aromatic rings. The molecule has 0 saturated carbocycles. The van der Waals surface area contributed by atoms with E-state index in [1.54, 1.807) is 0 Å². The van der Waals surface area contributed by atoms with Crippen LogP contribution >= 0.6 is 11.3 Å². The van der Waals surface area contributed by atoms with Gasteiger partial charge < -0.3 is 10.6 Å². The Morgan fingerprint density at radius 1 is 1.25 bits per heavy atom. The van der Waals surface area contributed by atoms with Gasteiger partial charge >= 0.3 is 0 Å². The molecule has 1 aromatic heterocycles. The van der Waals surface area contributed by atoms with Gasteiger partial charge in [0.1, 0.15) is 0 Å². The van der Waals surface area contributed by atoms with Crippen LogP contribution in [-0.4, -0.2) is 18.1 Å². The third-order valence-electron chi connectivity index (χ3n) is 4.64. The summed E-state index contributed by atoms with van der Waals surface area (Å²) in [5, 5.41) is 1.20. The van der Waals surface area contributed by atoms with Crippen LogP contribution in [0.3, 0.4) is 0 Å². The highest BCUT2D eigenvalue weighted by Gasteiger charge is 2.35. The number of thiazole rings is 1. The third-order valence-corrected chi connectivity index (χ3v) is 5.93. The van der Waals surface area contributed by atoms with Gasteiger partial charge in [0.2, 0.25) is 0 Å². The molecule has 2 heterocycles. The van der Waals surface area contributed by atoms with Crippen molar-refractivity contribution in [3.8, 4) is 0 Å². The van der Waals surface area contributed by atoms with E-state index in [1.165, 1.54) is 28.5 Å². The molecule has 112 valence electrons. The summed E-state index contributed by atoms with van der Waals surface area (Å²) in [5.74, 6) is 0. The first-order valence-electron chi connectivity index (χ1n) is 7.76. The van der Waals surface area contributed by atoms with Gasteiger partial charge in [0.15, 0.2) is 5.13 Å². The zero-order valence-electron chi connectivity index (χ0n) is 13.2. The minimum Gasteiger partial charge on any atom is -0.348 e. The Hall–Kier alpha value is -0.610. The van der Waals surface area contributed by atoms with Gasteiger partial charge in [0.25, 0.3) is 0 Å². The van der Waals surface area contributed by atoms with Crippen molar-refractivity contribution in [3.05, 3.63) is 10.6 Å². The standard InChI is InChI=1S/C16H27N3S/c1-15(2)6-5-7-19(10-15)14-18-12-9-16(3,4)8-11(17)13(12)20-14/h11H,5-10,17H2,1-4H3. The van der Waals surface area contributed by atoms with Crippen LogP contribution in [0.4, 0.5) is 5.13 Å². The van der Waals surface area contributed by atoms with Gasteiger partial charge in [-0.25, -0.2) is 4.98 Å². The Morgan fingerprint density at radius 3 is 2.70 bits per heavy atom. The van der Waals surface area contributed by atoms with E-state index in [-0.39, 0.29) is 6.04 Å². The van der Waals surface area contributed by atoms with Crippen molar-refractivity contribution in [1.82, 2.24) is 4.98 Å². The van der Waals surface area contributed by atoms with E-state index >= 15 is 0 Å². The predicted molar refractivity (Wildman–Crippen MR) is 86.4 cm³/mol. The number of hydrogen-bond acceptors (Lipinski definition) is 4. The van der Waals surface area contributed by atoms with Crippen molar-refractivity contribution < 1.29 is 0 Å². The Balaban J connectivity index is 1.87. The molecule has 1 saturated heterocycles. The van der Waals surface area contributed by atoms with Crippen molar-refractivity contribution in [2.75, 3.05) is 18.0 Å². The van der Waals surface area contributed by atoms with Crippen LogP contribution in [0.15, 0.2) is 0 Å². The lowest BCUT2D eigenvalue weighted by molar-refractivity contribution is 0.281. The number of aromatic nitrogens is 1. The fourth-order valence-electron chi connectivity index (χ4n) is 3.70. The number of anilines is 1. The lowest BCUT2D eigenvalue weighted by Crippen LogP contribution is -2.40. The van der Waals surface area contributed by atoms with Crippen LogP contribution in [0.1, 0.15) is 63.6 Å². The molecule has 1 fully saturated rings. The van der Waals surface area contributed by atoms with E-state index in [2.05, 4.69) is 32.6 Å². The lowest BCUT2D eigenvalue weighted by Gasteiger charge is -2.37. The molecule has 1 aliphatic heterocycles. The summed E-state index contributed by atoms with van der Waals surface area (Å²) >= 11 is 1.84. The van der Waals surface area contributed by atoms with Crippen molar-refractivity contribution in [2.24, 2.45) is 16.6 Å². The first-order valence-corrected chi connectivity index (χ1v) is 8.58. The summed E-state index contributed by atoms with van der Waals surface area (Å²) in [6.07, 6.45) is 4.74. The van der Waals surface area contributed by atoms with Gasteiger partial charge in [-0.15, -0.1) is 0 Å². The van der Waals surface area contributed by atoms with Crippen LogP contribution < -0.4 is 10.6 Å². The van der Waals surface area contributed by atoms with Crippen molar-refractivity contribution in [1.29, 1.82) is 0 Å². The second-order valence-corrected chi connectivity index (χ2v) is 9.16. The minimum absolute atomic E-state index is 0.179. The third kappa shape index (κ3) is 2.73. The molecule has 0 bridgehead atoms. The molecule has 2 aliphatic rings. The van der Waals surface area contributed by atoms with Crippen LogP contribution in [0.2, 0.25) is 0 Å². The fourth-order valence-corrected chi connectivity index (χ4v) is 4.81. The molecule has 3 nitrogen and oxygen atoms in total. The highest BCUT2D eigenvalue weighted by molar-refractivity contribution is 7.15. The van der Waals surface area contributed by atoms with Crippen molar-refractivity contribution >= 4 is 16.5 Å². The average molecular weight is 293 g/mol. The summed E-state index contributed by atoms with van der Waals surface area (Å²) in [5.41, 5.74) is 8.33. The highest BCUT2D eigenvalue weighted by Crippen LogP contribution is 2.44. The van der Waals surface area contributed by atoms with Crippen LogP contribution in [0.25, 0.3) is 0 Å². The SMILES string of the molecule is CC1(C)Cc2nc(N3CCCC(C)(C)C3)sc2C(N)C1. The van der Waals surface area contributed by atoms with E-state index in [9.17, 15) is 0 Å². The van der Waals surface area contributed by atoms with Crippen molar-refractivity contribution in [3.63, 3.8) is 0 Å². The summed E-state index contributed by atoms with van der Waals surface area (Å²) in [6.45, 7) is 11.6. The second-order valence-electron chi connectivity index (χ2n) is 8.15. The Morgan fingerprint density at radius 2 is 2.00 bits per heavy atom. The van der Waals surface area contributed by atoms with E-state index in [1.807, 2.05) is 11.3 Å². The molecule has 1 unspecified atom stereocenters. The molecular formula is C16H27N3S. The molecule has 0 aromatic carbocycles. The minimum atomic E-state index is 0.179.